The molecule has 13 rings (SSSR count). The van der Waals surface area contributed by atoms with Crippen molar-refractivity contribution in [3.8, 4) is 16.8 Å². The number of hydrogen-bond acceptors (Lipinski definition) is 0. The van der Waals surface area contributed by atoms with Crippen LogP contribution in [-0.4, -0.2) is 4.57 Å². The molecule has 3 aliphatic carbocycles. The minimum Gasteiger partial charge on any atom is -0.309 e. The molecule has 1 nitrogen and oxygen atoms in total. The number of hydrogen-bond donors (Lipinski definition) is 0. The lowest BCUT2D eigenvalue weighted by molar-refractivity contribution is 0.428. The molecule has 9 aromatic carbocycles. The first kappa shape index (κ1) is 34.4. The van der Waals surface area contributed by atoms with Crippen LogP contribution < -0.4 is 0 Å². The quantitative estimate of drug-likeness (QED) is 0.164. The maximum atomic E-state index is 2.51. The van der Waals surface area contributed by atoms with Gasteiger partial charge in [-0.2, -0.15) is 0 Å². The summed E-state index contributed by atoms with van der Waals surface area (Å²) in [5.74, 6) is 0.134. The highest BCUT2D eigenvalue weighted by molar-refractivity contribution is 6.10. The monoisotopic (exact) mass is 775 g/mol. The van der Waals surface area contributed by atoms with E-state index in [-0.39, 0.29) is 5.92 Å². The normalized spacial score (nSPS) is 19.7. The van der Waals surface area contributed by atoms with Gasteiger partial charge in [0.2, 0.25) is 0 Å². The summed E-state index contributed by atoms with van der Waals surface area (Å²) in [4.78, 5) is 0. The Hall–Kier alpha value is -7.48. The Labute approximate surface area is 356 Å². The third kappa shape index (κ3) is 4.61. The Bertz CT molecular complexity index is 3460. The molecule has 0 saturated carbocycles. The van der Waals surface area contributed by atoms with E-state index in [9.17, 15) is 0 Å². The van der Waals surface area contributed by atoms with Crippen LogP contribution in [0.4, 0.5) is 0 Å². The van der Waals surface area contributed by atoms with E-state index in [0.717, 1.165) is 6.42 Å². The molecule has 1 heterocycles. The fourth-order valence-electron chi connectivity index (χ4n) is 12.0. The number of fused-ring (bicyclic) bond motifs is 9. The molecular weight excluding hydrogens is 735 g/mol. The molecule has 0 spiro atoms. The Morgan fingerprint density at radius 1 is 0.443 bits per heavy atom. The topological polar surface area (TPSA) is 4.93 Å². The van der Waals surface area contributed by atoms with Crippen LogP contribution in [0, 0.1) is 5.92 Å². The molecule has 3 unspecified atom stereocenters. The first-order valence-electron chi connectivity index (χ1n) is 21.6. The highest BCUT2D eigenvalue weighted by atomic mass is 15.0. The fraction of sp³-hybridized carbons (Fsp3) is 0.0667. The van der Waals surface area contributed by atoms with Crippen LogP contribution in [0.25, 0.3) is 55.0 Å². The second-order valence-corrected chi connectivity index (χ2v) is 17.1. The van der Waals surface area contributed by atoms with Gasteiger partial charge in [0.25, 0.3) is 0 Å². The lowest BCUT2D eigenvalue weighted by atomic mass is 9.49. The van der Waals surface area contributed by atoms with E-state index in [1.807, 2.05) is 0 Å². The van der Waals surface area contributed by atoms with E-state index in [2.05, 4.69) is 235 Å². The van der Waals surface area contributed by atoms with Crippen LogP contribution in [0.5, 0.6) is 0 Å². The van der Waals surface area contributed by atoms with Gasteiger partial charge < -0.3 is 4.57 Å². The Balaban J connectivity index is 1.02. The molecule has 0 fully saturated rings. The molecule has 0 N–H and O–H groups in total. The smallest absolute Gasteiger partial charge is 0.0719 e. The molecule has 10 aromatic rings. The summed E-state index contributed by atoms with van der Waals surface area (Å²) in [6.07, 6.45) is 8.11. The lowest BCUT2D eigenvalue weighted by Crippen LogP contribution is -2.47. The van der Waals surface area contributed by atoms with Crippen molar-refractivity contribution in [2.24, 2.45) is 5.92 Å². The zero-order valence-electron chi connectivity index (χ0n) is 33.7. The van der Waals surface area contributed by atoms with Gasteiger partial charge in [-0.05, 0) is 115 Å². The molecular formula is C60H41N. The summed E-state index contributed by atoms with van der Waals surface area (Å²) in [7, 11) is 0. The second-order valence-electron chi connectivity index (χ2n) is 17.1. The third-order valence-electron chi connectivity index (χ3n) is 14.3. The SMILES string of the molecule is C1=CC(C2(c3ccccc3)c3ccccc3C3(c4ccccc4)c4ccccc4-c4cccc2c43)CC(c2ccc3c(c2)c2ccccc2n3-c2ccc3ccccc3c2)=C1. The summed E-state index contributed by atoms with van der Waals surface area (Å²) in [6, 6.07) is 79.9. The molecule has 3 aliphatic rings. The van der Waals surface area contributed by atoms with Gasteiger partial charge >= 0.3 is 0 Å². The van der Waals surface area contributed by atoms with Crippen LogP contribution in [0.3, 0.4) is 0 Å². The first-order valence-corrected chi connectivity index (χ1v) is 21.6. The van der Waals surface area contributed by atoms with E-state index in [1.165, 1.54) is 99.5 Å². The summed E-state index contributed by atoms with van der Waals surface area (Å²) in [6.45, 7) is 0. The van der Waals surface area contributed by atoms with Crippen LogP contribution >= 0.6 is 0 Å². The summed E-state index contributed by atoms with van der Waals surface area (Å²) in [5, 5.41) is 5.05. The summed E-state index contributed by atoms with van der Waals surface area (Å²) >= 11 is 0. The van der Waals surface area contributed by atoms with Crippen molar-refractivity contribution in [2.75, 3.05) is 0 Å². The molecule has 0 amide bonds. The average molecular weight is 776 g/mol. The minimum atomic E-state index is -0.463. The number of aromatic nitrogens is 1. The molecule has 1 aromatic heterocycles. The molecule has 286 valence electrons. The molecule has 0 aliphatic heterocycles. The van der Waals surface area contributed by atoms with Crippen molar-refractivity contribution in [3.05, 3.63) is 275 Å². The average Bonchev–Trinajstić information content (AvgIpc) is 3.84. The van der Waals surface area contributed by atoms with Gasteiger partial charge in [0, 0.05) is 16.5 Å². The van der Waals surface area contributed by atoms with Gasteiger partial charge in [0.1, 0.15) is 0 Å². The fourth-order valence-corrected chi connectivity index (χ4v) is 12.0. The standard InChI is InChI=1S/C60H41N/c1-3-20-44(21-4-1)59(53-29-12-13-30-54(53)60(45-22-5-2-6-23-45)52-28-11-9-25-48(52)50-27-16-31-55(59)58(50)60)46-24-15-19-41(37-46)43-34-36-57-51(39-43)49-26-10-14-32-56(49)61(57)47-35-33-40-17-7-8-18-42(40)38-47/h1-36,38-39,46H,37H2. The number of allylic oxidation sites excluding steroid dienone is 4. The van der Waals surface area contributed by atoms with Crippen molar-refractivity contribution in [2.45, 2.75) is 17.3 Å². The predicted molar refractivity (Wildman–Crippen MR) is 254 cm³/mol. The maximum Gasteiger partial charge on any atom is 0.0719 e. The van der Waals surface area contributed by atoms with E-state index in [4.69, 9.17) is 0 Å². The van der Waals surface area contributed by atoms with Crippen molar-refractivity contribution < 1.29 is 0 Å². The van der Waals surface area contributed by atoms with Gasteiger partial charge in [-0.1, -0.05) is 200 Å². The van der Waals surface area contributed by atoms with Crippen LogP contribution in [-0.2, 0) is 10.8 Å². The van der Waals surface area contributed by atoms with Crippen LogP contribution in [0.2, 0.25) is 0 Å². The highest BCUT2D eigenvalue weighted by Gasteiger charge is 2.58. The Morgan fingerprint density at radius 3 is 1.95 bits per heavy atom. The Kier molecular flexibility index (Phi) is 7.33. The molecule has 3 atom stereocenters. The second kappa shape index (κ2) is 13.0. The zero-order valence-corrected chi connectivity index (χ0v) is 33.7. The first-order chi connectivity index (χ1) is 30.3. The Morgan fingerprint density at radius 2 is 1.10 bits per heavy atom. The number of benzene rings is 9. The number of rotatable bonds is 5. The van der Waals surface area contributed by atoms with Gasteiger partial charge in [0.05, 0.1) is 21.9 Å². The lowest BCUT2D eigenvalue weighted by Gasteiger charge is -2.52. The van der Waals surface area contributed by atoms with Crippen LogP contribution in [0.1, 0.15) is 50.9 Å². The van der Waals surface area contributed by atoms with Gasteiger partial charge in [-0.15, -0.1) is 0 Å². The maximum absolute atomic E-state index is 2.51. The van der Waals surface area contributed by atoms with Crippen LogP contribution in [0.15, 0.2) is 231 Å². The highest BCUT2D eigenvalue weighted by Crippen LogP contribution is 2.66. The van der Waals surface area contributed by atoms with E-state index >= 15 is 0 Å². The van der Waals surface area contributed by atoms with Crippen molar-refractivity contribution in [1.82, 2.24) is 4.57 Å². The third-order valence-corrected chi connectivity index (χ3v) is 14.3. The van der Waals surface area contributed by atoms with Crippen molar-refractivity contribution in [3.63, 3.8) is 0 Å². The number of para-hydroxylation sites is 1. The van der Waals surface area contributed by atoms with Crippen molar-refractivity contribution in [1.29, 1.82) is 0 Å². The molecule has 1 heteroatoms. The molecule has 61 heavy (non-hydrogen) atoms. The number of nitrogens with zero attached hydrogens (tertiary/aromatic N) is 1. The summed E-state index contributed by atoms with van der Waals surface area (Å²) < 4.78 is 2.44. The van der Waals surface area contributed by atoms with Gasteiger partial charge in [0.15, 0.2) is 0 Å². The molecule has 0 radical (unpaired) electrons. The van der Waals surface area contributed by atoms with Crippen molar-refractivity contribution >= 4 is 38.2 Å². The molecule has 0 bridgehead atoms. The van der Waals surface area contributed by atoms with E-state index in [0.29, 0.717) is 0 Å². The zero-order chi connectivity index (χ0) is 40.1. The largest absolute Gasteiger partial charge is 0.309 e. The summed E-state index contributed by atoms with van der Waals surface area (Å²) in [5.41, 5.74) is 17.7. The van der Waals surface area contributed by atoms with Gasteiger partial charge in [-0.3, -0.25) is 0 Å². The molecule has 0 saturated heterocycles. The minimum absolute atomic E-state index is 0.134. The van der Waals surface area contributed by atoms with E-state index in [1.54, 1.807) is 0 Å². The predicted octanol–water partition coefficient (Wildman–Crippen LogP) is 14.6. The van der Waals surface area contributed by atoms with E-state index < -0.39 is 10.8 Å². The van der Waals surface area contributed by atoms with Gasteiger partial charge in [-0.25, -0.2) is 0 Å².